The Kier molecular flexibility index (Phi) is 4.58. The molecule has 0 radical (unpaired) electrons. The van der Waals surface area contributed by atoms with Crippen LogP contribution < -0.4 is 5.32 Å². The smallest absolute Gasteiger partial charge is 0.123 e. The van der Waals surface area contributed by atoms with Gasteiger partial charge in [-0.05, 0) is 48.9 Å². The Balaban J connectivity index is 2.03. The Morgan fingerprint density at radius 3 is 2.74 bits per heavy atom. The molecule has 0 spiro atoms. The van der Waals surface area contributed by atoms with Crippen molar-refractivity contribution in [2.24, 2.45) is 5.41 Å². The molecule has 1 atom stereocenters. The Hall–Kier alpha value is -0.930. The molecule has 0 amide bonds. The van der Waals surface area contributed by atoms with Gasteiger partial charge < -0.3 is 10.4 Å². The van der Waals surface area contributed by atoms with Gasteiger partial charge in [0.1, 0.15) is 5.82 Å². The lowest BCUT2D eigenvalue weighted by molar-refractivity contribution is 0.109. The highest BCUT2D eigenvalue weighted by atomic mass is 19.1. The van der Waals surface area contributed by atoms with Crippen molar-refractivity contribution >= 4 is 0 Å². The van der Waals surface area contributed by atoms with Crippen molar-refractivity contribution in [1.29, 1.82) is 0 Å². The predicted octanol–water partition coefficient (Wildman–Crippen LogP) is 3.20. The zero-order chi connectivity index (χ0) is 13.9. The number of halogens is 1. The molecule has 0 saturated heterocycles. The molecule has 2 N–H and O–H groups in total. The van der Waals surface area contributed by atoms with Gasteiger partial charge in [0.15, 0.2) is 0 Å². The van der Waals surface area contributed by atoms with Gasteiger partial charge in [0.05, 0.1) is 0 Å². The molecule has 1 aliphatic carbocycles. The molecule has 0 saturated carbocycles. The lowest BCUT2D eigenvalue weighted by Gasteiger charge is -2.31. The Morgan fingerprint density at radius 2 is 2.11 bits per heavy atom. The summed E-state index contributed by atoms with van der Waals surface area (Å²) in [5.74, 6) is -0.147. The monoisotopic (exact) mass is 265 g/mol. The van der Waals surface area contributed by atoms with Gasteiger partial charge in [-0.15, -0.1) is 0 Å². The van der Waals surface area contributed by atoms with E-state index in [1.807, 2.05) is 6.07 Å². The minimum absolute atomic E-state index is 0.0250. The average Bonchev–Trinajstić information content (AvgIpc) is 2.83. The van der Waals surface area contributed by atoms with E-state index in [0.29, 0.717) is 6.04 Å². The maximum Gasteiger partial charge on any atom is 0.123 e. The summed E-state index contributed by atoms with van der Waals surface area (Å²) in [5, 5.41) is 13.2. The molecule has 1 aromatic carbocycles. The van der Waals surface area contributed by atoms with Crippen LogP contribution in [-0.2, 0) is 6.42 Å². The number of benzene rings is 1. The van der Waals surface area contributed by atoms with Crippen LogP contribution in [0, 0.1) is 11.2 Å². The molecule has 0 heterocycles. The fraction of sp³-hybridized carbons (Fsp3) is 0.625. The minimum atomic E-state index is -0.147. The molecule has 0 aromatic heterocycles. The molecule has 3 heteroatoms. The zero-order valence-electron chi connectivity index (χ0n) is 11.9. The molecule has 19 heavy (non-hydrogen) atoms. The first-order valence-corrected chi connectivity index (χ1v) is 7.26. The highest BCUT2D eigenvalue weighted by Gasteiger charge is 2.28. The van der Waals surface area contributed by atoms with Crippen molar-refractivity contribution < 1.29 is 9.50 Å². The highest BCUT2D eigenvalue weighted by Crippen LogP contribution is 2.33. The van der Waals surface area contributed by atoms with Crippen LogP contribution in [0.25, 0.3) is 0 Å². The fourth-order valence-corrected chi connectivity index (χ4v) is 2.92. The summed E-state index contributed by atoms with van der Waals surface area (Å²) in [7, 11) is 0. The number of nitrogens with one attached hydrogen (secondary N) is 1. The van der Waals surface area contributed by atoms with E-state index in [0.717, 1.165) is 37.8 Å². The van der Waals surface area contributed by atoms with Gasteiger partial charge in [0.2, 0.25) is 0 Å². The van der Waals surface area contributed by atoms with Crippen molar-refractivity contribution in [1.82, 2.24) is 5.32 Å². The third kappa shape index (κ3) is 2.98. The van der Waals surface area contributed by atoms with Crippen molar-refractivity contribution in [2.75, 3.05) is 13.2 Å². The zero-order valence-corrected chi connectivity index (χ0v) is 11.9. The van der Waals surface area contributed by atoms with E-state index in [4.69, 9.17) is 0 Å². The maximum atomic E-state index is 13.2. The predicted molar refractivity (Wildman–Crippen MR) is 75.6 cm³/mol. The van der Waals surface area contributed by atoms with Gasteiger partial charge in [0.25, 0.3) is 0 Å². The molecule has 0 fully saturated rings. The number of hydrogen-bond acceptors (Lipinski definition) is 2. The number of aryl methyl sites for hydroxylation is 1. The second kappa shape index (κ2) is 6.02. The number of hydrogen-bond donors (Lipinski definition) is 2. The van der Waals surface area contributed by atoms with Crippen LogP contribution in [0.3, 0.4) is 0 Å². The van der Waals surface area contributed by atoms with Crippen LogP contribution in [0.4, 0.5) is 4.39 Å². The van der Waals surface area contributed by atoms with E-state index in [1.54, 1.807) is 6.07 Å². The van der Waals surface area contributed by atoms with Crippen molar-refractivity contribution in [2.45, 2.75) is 45.6 Å². The SMILES string of the molecule is CCC(CC)(CO)CNC1CCc2cc(F)ccc21. The summed E-state index contributed by atoms with van der Waals surface area (Å²) in [6.45, 7) is 5.28. The first-order valence-electron chi connectivity index (χ1n) is 7.26. The van der Waals surface area contributed by atoms with Gasteiger partial charge in [-0.3, -0.25) is 0 Å². The van der Waals surface area contributed by atoms with Crippen LogP contribution in [0.2, 0.25) is 0 Å². The second-order valence-electron chi connectivity index (χ2n) is 5.68. The van der Waals surface area contributed by atoms with Gasteiger partial charge in [-0.1, -0.05) is 19.9 Å². The molecule has 1 unspecified atom stereocenters. The average molecular weight is 265 g/mol. The summed E-state index contributed by atoms with van der Waals surface area (Å²) >= 11 is 0. The molecule has 0 bridgehead atoms. The lowest BCUT2D eigenvalue weighted by Crippen LogP contribution is -2.37. The summed E-state index contributed by atoms with van der Waals surface area (Å²) in [5.41, 5.74) is 2.32. The number of fused-ring (bicyclic) bond motifs is 1. The van der Waals surface area contributed by atoms with Crippen molar-refractivity contribution in [3.8, 4) is 0 Å². The summed E-state index contributed by atoms with van der Waals surface area (Å²) < 4.78 is 13.2. The standard InChI is InChI=1S/C16H24FNO/c1-3-16(4-2,11-19)10-18-15-8-5-12-9-13(17)6-7-14(12)15/h6-7,9,15,18-19H,3-5,8,10-11H2,1-2H3. The maximum absolute atomic E-state index is 13.2. The van der Waals surface area contributed by atoms with Gasteiger partial charge in [0, 0.05) is 24.6 Å². The Labute approximate surface area is 115 Å². The molecule has 106 valence electrons. The Morgan fingerprint density at radius 1 is 1.37 bits per heavy atom. The van der Waals surface area contributed by atoms with Crippen LogP contribution in [0.15, 0.2) is 18.2 Å². The van der Waals surface area contributed by atoms with Crippen molar-refractivity contribution in [3.05, 3.63) is 35.1 Å². The van der Waals surface area contributed by atoms with Gasteiger partial charge >= 0.3 is 0 Å². The van der Waals surface area contributed by atoms with E-state index >= 15 is 0 Å². The molecule has 1 aliphatic rings. The molecule has 0 aliphatic heterocycles. The minimum Gasteiger partial charge on any atom is -0.396 e. The van der Waals surface area contributed by atoms with E-state index in [1.165, 1.54) is 11.6 Å². The third-order valence-corrected chi connectivity index (χ3v) is 4.74. The lowest BCUT2D eigenvalue weighted by atomic mass is 9.83. The van der Waals surface area contributed by atoms with Crippen LogP contribution in [0.1, 0.15) is 50.3 Å². The molecular formula is C16H24FNO. The van der Waals surface area contributed by atoms with Gasteiger partial charge in [-0.25, -0.2) is 4.39 Å². The molecule has 2 rings (SSSR count). The van der Waals surface area contributed by atoms with E-state index in [9.17, 15) is 9.50 Å². The number of aliphatic hydroxyl groups excluding tert-OH is 1. The summed E-state index contributed by atoms with van der Waals surface area (Å²) in [6, 6.07) is 5.39. The first-order chi connectivity index (χ1) is 9.14. The number of aliphatic hydroxyl groups is 1. The van der Waals surface area contributed by atoms with E-state index < -0.39 is 0 Å². The van der Waals surface area contributed by atoms with Crippen LogP contribution in [0.5, 0.6) is 0 Å². The quantitative estimate of drug-likeness (QED) is 0.828. The van der Waals surface area contributed by atoms with Crippen LogP contribution >= 0.6 is 0 Å². The molecule has 2 nitrogen and oxygen atoms in total. The first kappa shape index (κ1) is 14.5. The summed E-state index contributed by atoms with van der Waals surface area (Å²) in [4.78, 5) is 0. The van der Waals surface area contributed by atoms with E-state index in [-0.39, 0.29) is 17.8 Å². The van der Waals surface area contributed by atoms with Crippen LogP contribution in [-0.4, -0.2) is 18.3 Å². The third-order valence-electron chi connectivity index (χ3n) is 4.74. The summed E-state index contributed by atoms with van der Waals surface area (Å²) in [6.07, 6.45) is 3.90. The van der Waals surface area contributed by atoms with Crippen molar-refractivity contribution in [3.63, 3.8) is 0 Å². The Bertz CT molecular complexity index is 420. The normalized spacial score (nSPS) is 18.6. The molecule has 1 aromatic rings. The number of rotatable bonds is 6. The largest absolute Gasteiger partial charge is 0.396 e. The highest BCUT2D eigenvalue weighted by molar-refractivity contribution is 5.34. The topological polar surface area (TPSA) is 32.3 Å². The fourth-order valence-electron chi connectivity index (χ4n) is 2.92. The van der Waals surface area contributed by atoms with E-state index in [2.05, 4.69) is 19.2 Å². The molecular weight excluding hydrogens is 241 g/mol. The second-order valence-corrected chi connectivity index (χ2v) is 5.68. The van der Waals surface area contributed by atoms with Gasteiger partial charge in [-0.2, -0.15) is 0 Å².